The fourth-order valence-corrected chi connectivity index (χ4v) is 2.05. The third kappa shape index (κ3) is 3.06. The molecular weight excluding hydrogens is 234 g/mol. The average molecular weight is 256 g/mol. The van der Waals surface area contributed by atoms with Crippen LogP contribution in [-0.4, -0.2) is 30.6 Å². The molecule has 0 bridgehead atoms. The maximum Gasteiger partial charge on any atom is 0.129 e. The van der Waals surface area contributed by atoms with E-state index in [9.17, 15) is 8.78 Å². The largest absolute Gasteiger partial charge is 0.326 e. The lowest BCUT2D eigenvalue weighted by atomic mass is 9.84. The molecule has 0 spiro atoms. The topological polar surface area (TPSA) is 29.3 Å². The second-order valence-corrected chi connectivity index (χ2v) is 5.15. The average Bonchev–Trinajstić information content (AvgIpc) is 2.31. The Labute approximate surface area is 108 Å². The zero-order valence-electron chi connectivity index (χ0n) is 11.5. The van der Waals surface area contributed by atoms with Crippen molar-refractivity contribution in [3.63, 3.8) is 0 Å². The standard InChI is InChI=1S/C14H22F2N2/c1-5-14(2,18(3)4)13(17)8-10-6-7-11(15)9-12(10)16/h6-7,9,13H,5,8,17H2,1-4H3. The van der Waals surface area contributed by atoms with Crippen LogP contribution in [0.15, 0.2) is 18.2 Å². The van der Waals surface area contributed by atoms with E-state index in [0.717, 1.165) is 12.5 Å². The van der Waals surface area contributed by atoms with Crippen LogP contribution in [0.2, 0.25) is 0 Å². The van der Waals surface area contributed by atoms with E-state index in [1.165, 1.54) is 12.1 Å². The highest BCUT2D eigenvalue weighted by atomic mass is 19.1. The summed E-state index contributed by atoms with van der Waals surface area (Å²) in [5.74, 6) is -1.08. The van der Waals surface area contributed by atoms with Crippen LogP contribution in [0.1, 0.15) is 25.8 Å². The maximum absolute atomic E-state index is 13.6. The summed E-state index contributed by atoms with van der Waals surface area (Å²) in [5, 5.41) is 0. The Kier molecular flexibility index (Phi) is 4.82. The molecule has 0 fully saturated rings. The summed E-state index contributed by atoms with van der Waals surface area (Å²) in [6.45, 7) is 4.11. The summed E-state index contributed by atoms with van der Waals surface area (Å²) in [4.78, 5) is 2.05. The molecule has 1 rings (SSSR count). The normalized spacial score (nSPS) is 16.7. The Morgan fingerprint density at radius 1 is 1.33 bits per heavy atom. The smallest absolute Gasteiger partial charge is 0.129 e. The van der Waals surface area contributed by atoms with Crippen molar-refractivity contribution >= 4 is 0 Å². The zero-order valence-corrected chi connectivity index (χ0v) is 11.5. The molecule has 2 N–H and O–H groups in total. The summed E-state index contributed by atoms with van der Waals surface area (Å²) < 4.78 is 26.4. The Morgan fingerprint density at radius 2 is 1.94 bits per heavy atom. The highest BCUT2D eigenvalue weighted by Crippen LogP contribution is 2.23. The van der Waals surface area contributed by atoms with Gasteiger partial charge in [0.15, 0.2) is 0 Å². The molecule has 0 aliphatic carbocycles. The number of benzene rings is 1. The molecule has 2 atom stereocenters. The predicted molar refractivity (Wildman–Crippen MR) is 70.4 cm³/mol. The minimum absolute atomic E-state index is 0.208. The molecule has 102 valence electrons. The summed E-state index contributed by atoms with van der Waals surface area (Å²) >= 11 is 0. The maximum atomic E-state index is 13.6. The van der Waals surface area contributed by atoms with E-state index in [2.05, 4.69) is 18.7 Å². The molecule has 4 heteroatoms. The number of nitrogens with two attached hydrogens (primary N) is 1. The van der Waals surface area contributed by atoms with Gasteiger partial charge in [-0.15, -0.1) is 0 Å². The fourth-order valence-electron chi connectivity index (χ4n) is 2.05. The van der Waals surface area contributed by atoms with Crippen LogP contribution in [0, 0.1) is 11.6 Å². The molecule has 18 heavy (non-hydrogen) atoms. The molecular formula is C14H22F2N2. The number of nitrogens with zero attached hydrogens (tertiary/aromatic N) is 1. The number of likely N-dealkylation sites (N-methyl/N-ethyl adjacent to an activating group) is 1. The summed E-state index contributed by atoms with van der Waals surface area (Å²) in [5.41, 5.74) is 6.46. The first kappa shape index (κ1) is 15.1. The number of halogens is 2. The molecule has 0 aliphatic rings. The van der Waals surface area contributed by atoms with E-state index >= 15 is 0 Å². The molecule has 1 aromatic carbocycles. The molecule has 2 unspecified atom stereocenters. The van der Waals surface area contributed by atoms with Gasteiger partial charge >= 0.3 is 0 Å². The molecule has 0 saturated carbocycles. The van der Waals surface area contributed by atoms with Crippen molar-refractivity contribution in [1.29, 1.82) is 0 Å². The molecule has 0 saturated heterocycles. The summed E-state index contributed by atoms with van der Waals surface area (Å²) in [7, 11) is 3.93. The molecule has 0 radical (unpaired) electrons. The Bertz CT molecular complexity index is 407. The highest BCUT2D eigenvalue weighted by molar-refractivity contribution is 5.20. The van der Waals surface area contributed by atoms with Gasteiger partial charge in [0.1, 0.15) is 11.6 Å². The van der Waals surface area contributed by atoms with Crippen LogP contribution in [-0.2, 0) is 6.42 Å². The van der Waals surface area contributed by atoms with Crippen molar-refractivity contribution in [1.82, 2.24) is 4.90 Å². The van der Waals surface area contributed by atoms with Gasteiger partial charge in [-0.25, -0.2) is 8.78 Å². The third-order valence-corrected chi connectivity index (χ3v) is 3.99. The highest BCUT2D eigenvalue weighted by Gasteiger charge is 2.32. The van der Waals surface area contributed by atoms with E-state index in [-0.39, 0.29) is 11.6 Å². The molecule has 2 nitrogen and oxygen atoms in total. The second-order valence-electron chi connectivity index (χ2n) is 5.15. The predicted octanol–water partition coefficient (Wildman–Crippen LogP) is 2.56. The minimum atomic E-state index is -0.560. The Morgan fingerprint density at radius 3 is 2.39 bits per heavy atom. The summed E-state index contributed by atoms with van der Waals surface area (Å²) in [6.07, 6.45) is 1.26. The molecule has 0 amide bonds. The van der Waals surface area contributed by atoms with Gasteiger partial charge in [0.05, 0.1) is 0 Å². The number of hydrogen-bond donors (Lipinski definition) is 1. The molecule has 0 aliphatic heterocycles. The zero-order chi connectivity index (χ0) is 13.9. The molecule has 1 aromatic rings. The van der Waals surface area contributed by atoms with E-state index in [1.54, 1.807) is 0 Å². The fraction of sp³-hybridized carbons (Fsp3) is 0.571. The second kappa shape index (κ2) is 5.76. The van der Waals surface area contributed by atoms with Gasteiger partial charge in [0, 0.05) is 17.6 Å². The van der Waals surface area contributed by atoms with Crippen LogP contribution in [0.3, 0.4) is 0 Å². The monoisotopic (exact) mass is 256 g/mol. The van der Waals surface area contributed by atoms with Crippen LogP contribution in [0.25, 0.3) is 0 Å². The SMILES string of the molecule is CCC(C)(C(N)Cc1ccc(F)cc1F)N(C)C. The van der Waals surface area contributed by atoms with Crippen LogP contribution < -0.4 is 5.73 Å². The van der Waals surface area contributed by atoms with Gasteiger partial charge in [-0.3, -0.25) is 0 Å². The van der Waals surface area contributed by atoms with Crippen molar-refractivity contribution in [2.75, 3.05) is 14.1 Å². The van der Waals surface area contributed by atoms with Crippen molar-refractivity contribution in [3.8, 4) is 0 Å². The lowest BCUT2D eigenvalue weighted by Crippen LogP contribution is -2.55. The van der Waals surface area contributed by atoms with Gasteiger partial charge in [-0.1, -0.05) is 13.0 Å². The first-order valence-electron chi connectivity index (χ1n) is 6.18. The van der Waals surface area contributed by atoms with Gasteiger partial charge in [0.2, 0.25) is 0 Å². The van der Waals surface area contributed by atoms with Crippen molar-refractivity contribution in [2.24, 2.45) is 5.73 Å². The van der Waals surface area contributed by atoms with Gasteiger partial charge < -0.3 is 10.6 Å². The van der Waals surface area contributed by atoms with Crippen LogP contribution in [0.5, 0.6) is 0 Å². The van der Waals surface area contributed by atoms with E-state index in [0.29, 0.717) is 12.0 Å². The molecule has 0 aromatic heterocycles. The van der Waals surface area contributed by atoms with Crippen molar-refractivity contribution in [3.05, 3.63) is 35.4 Å². The van der Waals surface area contributed by atoms with Crippen molar-refractivity contribution < 1.29 is 8.78 Å². The quantitative estimate of drug-likeness (QED) is 0.877. The third-order valence-electron chi connectivity index (χ3n) is 3.99. The Balaban J connectivity index is 2.89. The van der Waals surface area contributed by atoms with Crippen LogP contribution >= 0.6 is 0 Å². The van der Waals surface area contributed by atoms with E-state index in [4.69, 9.17) is 5.73 Å². The lowest BCUT2D eigenvalue weighted by molar-refractivity contribution is 0.131. The number of rotatable bonds is 5. The van der Waals surface area contributed by atoms with E-state index in [1.807, 2.05) is 14.1 Å². The molecule has 0 heterocycles. The summed E-state index contributed by atoms with van der Waals surface area (Å²) in [6, 6.07) is 3.43. The van der Waals surface area contributed by atoms with Gasteiger partial charge in [-0.05, 0) is 45.5 Å². The van der Waals surface area contributed by atoms with Gasteiger partial charge in [0.25, 0.3) is 0 Å². The van der Waals surface area contributed by atoms with Gasteiger partial charge in [-0.2, -0.15) is 0 Å². The van der Waals surface area contributed by atoms with E-state index < -0.39 is 11.6 Å². The first-order valence-corrected chi connectivity index (χ1v) is 6.18. The van der Waals surface area contributed by atoms with Crippen molar-refractivity contribution in [2.45, 2.75) is 38.3 Å². The number of hydrogen-bond acceptors (Lipinski definition) is 2. The van der Waals surface area contributed by atoms with Crippen LogP contribution in [0.4, 0.5) is 8.78 Å². The first-order chi connectivity index (χ1) is 8.31. The Hall–Kier alpha value is -1.00. The lowest BCUT2D eigenvalue weighted by Gasteiger charge is -2.41. The minimum Gasteiger partial charge on any atom is -0.326 e.